The van der Waals surface area contributed by atoms with Gasteiger partial charge >= 0.3 is 0 Å². The summed E-state index contributed by atoms with van der Waals surface area (Å²) in [5.74, 6) is 0.368. The number of aryl methyl sites for hydroxylation is 4. The molecule has 0 aromatic heterocycles. The van der Waals surface area contributed by atoms with Crippen molar-refractivity contribution in [3.8, 4) is 11.5 Å². The lowest BCUT2D eigenvalue weighted by Gasteiger charge is -2.19. The van der Waals surface area contributed by atoms with E-state index in [4.69, 9.17) is 9.47 Å². The van der Waals surface area contributed by atoms with Crippen LogP contribution in [0.25, 0.3) is 0 Å². The smallest absolute Gasteiger partial charge is 0.279 e. The minimum absolute atomic E-state index is 0.450. The van der Waals surface area contributed by atoms with E-state index in [1.165, 1.54) is 0 Å². The van der Waals surface area contributed by atoms with Gasteiger partial charge in [0.25, 0.3) is 11.8 Å². The van der Waals surface area contributed by atoms with Gasteiger partial charge in [0, 0.05) is 0 Å². The monoisotopic (exact) mass is 384 g/mol. The van der Waals surface area contributed by atoms with Gasteiger partial charge < -0.3 is 9.47 Å². The van der Waals surface area contributed by atoms with Gasteiger partial charge in [-0.25, -0.2) is 0 Å². The maximum absolute atomic E-state index is 12.2. The molecule has 2 aromatic carbocycles. The Morgan fingerprint density at radius 2 is 1.29 bits per heavy atom. The molecule has 2 atom stereocenters. The summed E-state index contributed by atoms with van der Waals surface area (Å²) in [6, 6.07) is 11.4. The number of hydrogen-bond donors (Lipinski definition) is 2. The van der Waals surface area contributed by atoms with E-state index < -0.39 is 24.0 Å². The van der Waals surface area contributed by atoms with Crippen molar-refractivity contribution in [3.05, 3.63) is 58.7 Å². The fourth-order valence-electron chi connectivity index (χ4n) is 2.59. The molecule has 0 spiro atoms. The Labute approximate surface area is 166 Å². The second-order valence-corrected chi connectivity index (χ2v) is 6.97. The zero-order valence-electron chi connectivity index (χ0n) is 17.3. The zero-order chi connectivity index (χ0) is 20.8. The summed E-state index contributed by atoms with van der Waals surface area (Å²) in [5.41, 5.74) is 8.88. The molecule has 0 saturated heterocycles. The van der Waals surface area contributed by atoms with Gasteiger partial charge in [0.05, 0.1) is 0 Å². The SMILES string of the molecule is Cc1ccc(OC(C)C(=O)NNC(=O)C(C)Oc2c(C)cccc2C)cc1C. The van der Waals surface area contributed by atoms with E-state index in [-0.39, 0.29) is 0 Å². The van der Waals surface area contributed by atoms with E-state index in [9.17, 15) is 9.59 Å². The molecule has 0 fully saturated rings. The van der Waals surface area contributed by atoms with Crippen molar-refractivity contribution < 1.29 is 19.1 Å². The Kier molecular flexibility index (Phi) is 7.04. The molecule has 0 aliphatic heterocycles. The van der Waals surface area contributed by atoms with Crippen molar-refractivity contribution in [1.29, 1.82) is 0 Å². The normalized spacial score (nSPS) is 12.6. The molecule has 6 heteroatoms. The van der Waals surface area contributed by atoms with E-state index >= 15 is 0 Å². The van der Waals surface area contributed by atoms with Gasteiger partial charge in [-0.05, 0) is 75.9 Å². The van der Waals surface area contributed by atoms with Crippen LogP contribution in [-0.2, 0) is 9.59 Å². The molecule has 0 bridgehead atoms. The van der Waals surface area contributed by atoms with Gasteiger partial charge in [0.2, 0.25) is 0 Å². The minimum Gasteiger partial charge on any atom is -0.481 e. The Balaban J connectivity index is 1.86. The number of ether oxygens (including phenoxy) is 2. The van der Waals surface area contributed by atoms with Crippen LogP contribution in [0.3, 0.4) is 0 Å². The van der Waals surface area contributed by atoms with Crippen LogP contribution >= 0.6 is 0 Å². The Bertz CT molecular complexity index is 843. The number of para-hydroxylation sites is 1. The van der Waals surface area contributed by atoms with Gasteiger partial charge in [-0.3, -0.25) is 20.4 Å². The highest BCUT2D eigenvalue weighted by atomic mass is 16.5. The highest BCUT2D eigenvalue weighted by Gasteiger charge is 2.20. The third kappa shape index (κ3) is 5.49. The molecule has 2 N–H and O–H groups in total. The topological polar surface area (TPSA) is 76.7 Å². The number of carbonyl (C=O) groups excluding carboxylic acids is 2. The Morgan fingerprint density at radius 1 is 0.750 bits per heavy atom. The summed E-state index contributed by atoms with van der Waals surface area (Å²) in [5, 5.41) is 0. The lowest BCUT2D eigenvalue weighted by Crippen LogP contribution is -2.50. The Morgan fingerprint density at radius 3 is 1.82 bits per heavy atom. The van der Waals surface area contributed by atoms with E-state index in [1.807, 2.05) is 64.1 Å². The first kappa shape index (κ1) is 21.3. The predicted molar refractivity (Wildman–Crippen MR) is 108 cm³/mol. The summed E-state index contributed by atoms with van der Waals surface area (Å²) in [7, 11) is 0. The number of rotatable bonds is 6. The van der Waals surface area contributed by atoms with Crippen LogP contribution in [0, 0.1) is 27.7 Å². The van der Waals surface area contributed by atoms with Crippen LogP contribution in [0.2, 0.25) is 0 Å². The van der Waals surface area contributed by atoms with Gasteiger partial charge in [-0.1, -0.05) is 24.3 Å². The van der Waals surface area contributed by atoms with Crippen LogP contribution in [0.5, 0.6) is 11.5 Å². The molecule has 2 amide bonds. The van der Waals surface area contributed by atoms with Crippen LogP contribution in [0.1, 0.15) is 36.1 Å². The standard InChI is InChI=1S/C22H28N2O4/c1-13-10-11-19(12-16(13)4)27-17(5)21(25)23-24-22(26)18(6)28-20-14(2)8-7-9-15(20)3/h7-12,17-18H,1-6H3,(H,23,25)(H,24,26). The number of amides is 2. The van der Waals surface area contributed by atoms with Gasteiger partial charge in [-0.2, -0.15) is 0 Å². The number of hydrogen-bond acceptors (Lipinski definition) is 4. The first-order valence-corrected chi connectivity index (χ1v) is 9.25. The summed E-state index contributed by atoms with van der Waals surface area (Å²) < 4.78 is 11.4. The Hall–Kier alpha value is -3.02. The predicted octanol–water partition coefficient (Wildman–Crippen LogP) is 3.30. The number of carbonyl (C=O) groups is 2. The third-order valence-corrected chi connectivity index (χ3v) is 4.54. The first-order valence-electron chi connectivity index (χ1n) is 9.25. The lowest BCUT2D eigenvalue weighted by molar-refractivity contribution is -0.135. The third-order valence-electron chi connectivity index (χ3n) is 4.54. The van der Waals surface area contributed by atoms with Crippen LogP contribution < -0.4 is 20.3 Å². The highest BCUT2D eigenvalue weighted by molar-refractivity contribution is 5.86. The van der Waals surface area contributed by atoms with E-state index in [1.54, 1.807) is 13.8 Å². The second kappa shape index (κ2) is 9.26. The average Bonchev–Trinajstić information content (AvgIpc) is 2.65. The van der Waals surface area contributed by atoms with Gasteiger partial charge in [-0.15, -0.1) is 0 Å². The fourth-order valence-corrected chi connectivity index (χ4v) is 2.59. The highest BCUT2D eigenvalue weighted by Crippen LogP contribution is 2.23. The summed E-state index contributed by atoms with van der Waals surface area (Å²) in [6.07, 6.45) is -1.53. The molecular weight excluding hydrogens is 356 g/mol. The van der Waals surface area contributed by atoms with Crippen LogP contribution in [0.4, 0.5) is 0 Å². The molecule has 28 heavy (non-hydrogen) atoms. The number of benzene rings is 2. The van der Waals surface area contributed by atoms with Crippen molar-refractivity contribution >= 4 is 11.8 Å². The van der Waals surface area contributed by atoms with Crippen molar-refractivity contribution in [2.45, 2.75) is 53.8 Å². The van der Waals surface area contributed by atoms with Crippen LogP contribution in [-0.4, -0.2) is 24.0 Å². The molecule has 0 aliphatic carbocycles. The van der Waals surface area contributed by atoms with Gasteiger partial charge in [0.1, 0.15) is 11.5 Å². The summed E-state index contributed by atoms with van der Waals surface area (Å²) >= 11 is 0. The lowest BCUT2D eigenvalue weighted by atomic mass is 10.1. The molecule has 2 rings (SSSR count). The van der Waals surface area contributed by atoms with Crippen LogP contribution in [0.15, 0.2) is 36.4 Å². The molecular formula is C22H28N2O4. The summed E-state index contributed by atoms with van der Waals surface area (Å²) in [6.45, 7) is 11.1. The summed E-state index contributed by atoms with van der Waals surface area (Å²) in [4.78, 5) is 24.4. The van der Waals surface area contributed by atoms with Crippen molar-refractivity contribution in [2.75, 3.05) is 0 Å². The number of nitrogens with one attached hydrogen (secondary N) is 2. The molecule has 6 nitrogen and oxygen atoms in total. The zero-order valence-corrected chi connectivity index (χ0v) is 17.3. The molecule has 0 saturated carbocycles. The van der Waals surface area contributed by atoms with E-state index in [2.05, 4.69) is 10.9 Å². The molecule has 150 valence electrons. The second-order valence-electron chi connectivity index (χ2n) is 6.97. The maximum atomic E-state index is 12.2. The average molecular weight is 384 g/mol. The number of hydrazine groups is 1. The van der Waals surface area contributed by atoms with Gasteiger partial charge in [0.15, 0.2) is 12.2 Å². The maximum Gasteiger partial charge on any atom is 0.279 e. The molecule has 0 heterocycles. The van der Waals surface area contributed by atoms with E-state index in [0.717, 1.165) is 22.3 Å². The largest absolute Gasteiger partial charge is 0.481 e. The molecule has 0 radical (unpaired) electrons. The molecule has 2 aromatic rings. The quantitative estimate of drug-likeness (QED) is 0.749. The molecule has 2 unspecified atom stereocenters. The van der Waals surface area contributed by atoms with Crippen molar-refractivity contribution in [3.63, 3.8) is 0 Å². The minimum atomic E-state index is -0.768. The first-order chi connectivity index (χ1) is 13.2. The van der Waals surface area contributed by atoms with Crippen molar-refractivity contribution in [2.24, 2.45) is 0 Å². The van der Waals surface area contributed by atoms with Crippen molar-refractivity contribution in [1.82, 2.24) is 10.9 Å². The van der Waals surface area contributed by atoms with E-state index in [0.29, 0.717) is 11.5 Å². The molecule has 0 aliphatic rings. The fraction of sp³-hybridized carbons (Fsp3) is 0.364.